The average Bonchev–Trinajstić information content (AvgIpc) is 2.49. The first-order valence-electron chi connectivity index (χ1n) is 8.34. The Balaban J connectivity index is 1.71. The highest BCUT2D eigenvalue weighted by Crippen LogP contribution is 2.23. The van der Waals surface area contributed by atoms with Crippen molar-refractivity contribution in [3.05, 3.63) is 18.2 Å². The number of alkyl carbamates (subject to hydrolysis) is 1. The number of benzene rings is 1. The summed E-state index contributed by atoms with van der Waals surface area (Å²) in [6.45, 7) is 10.7. The first kappa shape index (κ1) is 18.2. The van der Waals surface area contributed by atoms with Gasteiger partial charge in [-0.1, -0.05) is 0 Å². The van der Waals surface area contributed by atoms with E-state index in [2.05, 4.69) is 15.1 Å². The molecule has 0 spiro atoms. The van der Waals surface area contributed by atoms with Gasteiger partial charge in [0.05, 0.1) is 11.4 Å². The van der Waals surface area contributed by atoms with Crippen molar-refractivity contribution >= 4 is 23.2 Å². The van der Waals surface area contributed by atoms with E-state index < -0.39 is 5.60 Å². The maximum atomic E-state index is 11.6. The standard InChI is InChI=1S/C17H29N5O2/c1-17(2,3)24-16(23)20-6-7-21-8-10-22(11-9-21)13-4-5-14(18)15(19)12-13/h4-5,12H,6-11,18-19H2,1-3H3,(H,20,23). The van der Waals surface area contributed by atoms with Gasteiger partial charge in [0.1, 0.15) is 5.60 Å². The molecule has 1 aliphatic rings. The zero-order valence-electron chi connectivity index (χ0n) is 14.8. The van der Waals surface area contributed by atoms with Crippen LogP contribution in [0.4, 0.5) is 21.9 Å². The van der Waals surface area contributed by atoms with Gasteiger partial charge < -0.3 is 26.4 Å². The van der Waals surface area contributed by atoms with Crippen LogP contribution in [0.2, 0.25) is 0 Å². The molecule has 1 aromatic rings. The van der Waals surface area contributed by atoms with Crippen molar-refractivity contribution in [2.75, 3.05) is 55.6 Å². The normalized spacial score (nSPS) is 16.0. The van der Waals surface area contributed by atoms with E-state index in [-0.39, 0.29) is 6.09 Å². The van der Waals surface area contributed by atoms with Crippen molar-refractivity contribution in [3.8, 4) is 0 Å². The third-order valence-electron chi connectivity index (χ3n) is 3.90. The summed E-state index contributed by atoms with van der Waals surface area (Å²) in [6, 6.07) is 5.78. The minimum Gasteiger partial charge on any atom is -0.444 e. The summed E-state index contributed by atoms with van der Waals surface area (Å²) in [7, 11) is 0. The molecule has 0 atom stereocenters. The Morgan fingerprint density at radius 1 is 1.17 bits per heavy atom. The van der Waals surface area contributed by atoms with E-state index >= 15 is 0 Å². The molecule has 0 radical (unpaired) electrons. The van der Waals surface area contributed by atoms with Gasteiger partial charge >= 0.3 is 6.09 Å². The largest absolute Gasteiger partial charge is 0.444 e. The summed E-state index contributed by atoms with van der Waals surface area (Å²) in [4.78, 5) is 16.2. The van der Waals surface area contributed by atoms with Crippen LogP contribution in [0.1, 0.15) is 20.8 Å². The summed E-state index contributed by atoms with van der Waals surface area (Å²) < 4.78 is 5.22. The first-order chi connectivity index (χ1) is 11.2. The lowest BCUT2D eigenvalue weighted by Gasteiger charge is -2.36. The Bertz CT molecular complexity index is 563. The minimum absolute atomic E-state index is 0.363. The third-order valence-corrected chi connectivity index (χ3v) is 3.90. The molecule has 0 saturated carbocycles. The topological polar surface area (TPSA) is 96.8 Å². The average molecular weight is 335 g/mol. The Kier molecular flexibility index (Phi) is 5.77. The lowest BCUT2D eigenvalue weighted by atomic mass is 10.2. The summed E-state index contributed by atoms with van der Waals surface area (Å²) >= 11 is 0. The van der Waals surface area contributed by atoms with E-state index in [4.69, 9.17) is 16.2 Å². The van der Waals surface area contributed by atoms with Crippen molar-refractivity contribution in [1.82, 2.24) is 10.2 Å². The predicted molar refractivity (Wildman–Crippen MR) is 98.2 cm³/mol. The quantitative estimate of drug-likeness (QED) is 0.722. The monoisotopic (exact) mass is 335 g/mol. The number of anilines is 3. The minimum atomic E-state index is -0.462. The third kappa shape index (κ3) is 5.49. The lowest BCUT2D eigenvalue weighted by Crippen LogP contribution is -2.48. The van der Waals surface area contributed by atoms with Gasteiger partial charge in [-0.15, -0.1) is 0 Å². The van der Waals surface area contributed by atoms with Crippen molar-refractivity contribution in [2.45, 2.75) is 26.4 Å². The molecule has 24 heavy (non-hydrogen) atoms. The lowest BCUT2D eigenvalue weighted by molar-refractivity contribution is 0.0521. The Morgan fingerprint density at radius 3 is 2.42 bits per heavy atom. The van der Waals surface area contributed by atoms with Gasteiger partial charge in [0.25, 0.3) is 0 Å². The molecular weight excluding hydrogens is 306 g/mol. The molecule has 1 aromatic carbocycles. The van der Waals surface area contributed by atoms with E-state index in [0.29, 0.717) is 17.9 Å². The van der Waals surface area contributed by atoms with Crippen LogP contribution in [-0.2, 0) is 4.74 Å². The van der Waals surface area contributed by atoms with Crippen LogP contribution in [0.3, 0.4) is 0 Å². The fourth-order valence-corrected chi connectivity index (χ4v) is 2.62. The molecule has 0 aliphatic carbocycles. The van der Waals surface area contributed by atoms with Crippen molar-refractivity contribution in [3.63, 3.8) is 0 Å². The molecule has 2 rings (SSSR count). The smallest absolute Gasteiger partial charge is 0.407 e. The molecule has 1 heterocycles. The molecule has 1 saturated heterocycles. The Morgan fingerprint density at radius 2 is 1.83 bits per heavy atom. The fourth-order valence-electron chi connectivity index (χ4n) is 2.62. The highest BCUT2D eigenvalue weighted by atomic mass is 16.6. The first-order valence-corrected chi connectivity index (χ1v) is 8.34. The van der Waals surface area contributed by atoms with E-state index in [9.17, 15) is 4.79 Å². The van der Waals surface area contributed by atoms with Gasteiger partial charge in [0, 0.05) is 45.0 Å². The number of nitrogens with two attached hydrogens (primary N) is 2. The number of nitrogen functional groups attached to an aromatic ring is 2. The number of ether oxygens (including phenoxy) is 1. The van der Waals surface area contributed by atoms with Crippen LogP contribution >= 0.6 is 0 Å². The molecule has 7 heteroatoms. The second-order valence-corrected chi connectivity index (χ2v) is 7.07. The maximum absolute atomic E-state index is 11.6. The second kappa shape index (κ2) is 7.61. The number of nitrogens with one attached hydrogen (secondary N) is 1. The number of piperazine rings is 1. The molecule has 0 aromatic heterocycles. The number of hydrogen-bond donors (Lipinski definition) is 3. The zero-order chi connectivity index (χ0) is 17.7. The molecule has 0 unspecified atom stereocenters. The van der Waals surface area contributed by atoms with Gasteiger partial charge in [0.15, 0.2) is 0 Å². The van der Waals surface area contributed by atoms with E-state index in [1.807, 2.05) is 39.0 Å². The number of carbonyl (C=O) groups excluding carboxylic acids is 1. The summed E-state index contributed by atoms with van der Waals surface area (Å²) in [5.41, 5.74) is 13.5. The van der Waals surface area contributed by atoms with Gasteiger partial charge in [-0.25, -0.2) is 4.79 Å². The maximum Gasteiger partial charge on any atom is 0.407 e. The summed E-state index contributed by atoms with van der Waals surface area (Å²) in [6.07, 6.45) is -0.363. The molecule has 5 N–H and O–H groups in total. The second-order valence-electron chi connectivity index (χ2n) is 7.07. The highest BCUT2D eigenvalue weighted by molar-refractivity contribution is 5.70. The van der Waals surface area contributed by atoms with Crippen molar-refractivity contribution in [2.24, 2.45) is 0 Å². The number of rotatable bonds is 4. The van der Waals surface area contributed by atoms with E-state index in [1.54, 1.807) is 0 Å². The summed E-state index contributed by atoms with van der Waals surface area (Å²) in [5.74, 6) is 0. The van der Waals surface area contributed by atoms with Crippen LogP contribution in [0.5, 0.6) is 0 Å². The van der Waals surface area contributed by atoms with Crippen molar-refractivity contribution in [1.29, 1.82) is 0 Å². The van der Waals surface area contributed by atoms with E-state index in [1.165, 1.54) is 0 Å². The number of amides is 1. The molecule has 1 fully saturated rings. The molecule has 7 nitrogen and oxygen atoms in total. The predicted octanol–water partition coefficient (Wildman–Crippen LogP) is 1.50. The SMILES string of the molecule is CC(C)(C)OC(=O)NCCN1CCN(c2ccc(N)c(N)c2)CC1. The Labute approximate surface area is 143 Å². The van der Waals surface area contributed by atoms with Crippen molar-refractivity contribution < 1.29 is 9.53 Å². The molecular formula is C17H29N5O2. The van der Waals surface area contributed by atoms with Crippen LogP contribution in [0, 0.1) is 0 Å². The highest BCUT2D eigenvalue weighted by Gasteiger charge is 2.19. The Hall–Kier alpha value is -2.15. The molecule has 134 valence electrons. The number of hydrogen-bond acceptors (Lipinski definition) is 6. The van der Waals surface area contributed by atoms with Crippen LogP contribution < -0.4 is 21.7 Å². The molecule has 1 amide bonds. The van der Waals surface area contributed by atoms with Gasteiger partial charge in [-0.2, -0.15) is 0 Å². The van der Waals surface area contributed by atoms with Crippen LogP contribution in [-0.4, -0.2) is 55.9 Å². The number of nitrogens with zero attached hydrogens (tertiary/aromatic N) is 2. The van der Waals surface area contributed by atoms with Gasteiger partial charge in [-0.05, 0) is 39.0 Å². The summed E-state index contributed by atoms with van der Waals surface area (Å²) in [5, 5.41) is 2.80. The van der Waals surface area contributed by atoms with Crippen LogP contribution in [0.25, 0.3) is 0 Å². The fraction of sp³-hybridized carbons (Fsp3) is 0.588. The number of carbonyl (C=O) groups is 1. The van der Waals surface area contributed by atoms with Crippen LogP contribution in [0.15, 0.2) is 18.2 Å². The van der Waals surface area contributed by atoms with E-state index in [0.717, 1.165) is 38.4 Å². The molecule has 0 bridgehead atoms. The zero-order valence-corrected chi connectivity index (χ0v) is 14.8. The van der Waals surface area contributed by atoms with Gasteiger partial charge in [-0.3, -0.25) is 4.90 Å². The molecule has 1 aliphatic heterocycles. The van der Waals surface area contributed by atoms with Gasteiger partial charge in [0.2, 0.25) is 0 Å².